The maximum absolute atomic E-state index is 11.0. The quantitative estimate of drug-likeness (QED) is 0.770. The molecule has 6 nitrogen and oxygen atoms in total. The Hall–Kier alpha value is -2.76. The third kappa shape index (κ3) is 1.91. The van der Waals surface area contributed by atoms with Crippen molar-refractivity contribution in [3.63, 3.8) is 0 Å². The fourth-order valence-corrected chi connectivity index (χ4v) is 2.19. The van der Waals surface area contributed by atoms with Gasteiger partial charge in [-0.1, -0.05) is 0 Å². The molecule has 1 N–H and O–H groups in total. The molecule has 1 aromatic carbocycles. The van der Waals surface area contributed by atoms with Crippen LogP contribution in [0.15, 0.2) is 30.6 Å². The van der Waals surface area contributed by atoms with Crippen molar-refractivity contribution >= 4 is 16.9 Å². The number of rotatable bonds is 2. The zero-order valence-corrected chi connectivity index (χ0v) is 11.0. The molecular weight excluding hydrogens is 256 g/mol. The van der Waals surface area contributed by atoms with Gasteiger partial charge >= 0.3 is 5.97 Å². The van der Waals surface area contributed by atoms with Crippen LogP contribution in [0, 0.1) is 13.8 Å². The molecule has 3 rings (SSSR count). The van der Waals surface area contributed by atoms with Crippen molar-refractivity contribution < 1.29 is 9.90 Å². The van der Waals surface area contributed by atoms with E-state index in [1.807, 2.05) is 19.9 Å². The summed E-state index contributed by atoms with van der Waals surface area (Å²) < 4.78 is 1.74. The molecule has 3 aromatic rings. The summed E-state index contributed by atoms with van der Waals surface area (Å²) in [5.41, 5.74) is 2.65. The number of nitrogens with zero attached hydrogens (tertiary/aromatic N) is 4. The molecule has 0 saturated heterocycles. The second kappa shape index (κ2) is 4.41. The normalized spacial score (nSPS) is 10.9. The van der Waals surface area contributed by atoms with Crippen molar-refractivity contribution in [3.05, 3.63) is 47.5 Å². The van der Waals surface area contributed by atoms with Gasteiger partial charge in [0.1, 0.15) is 6.33 Å². The lowest BCUT2D eigenvalue weighted by molar-refractivity contribution is 0.0697. The first-order chi connectivity index (χ1) is 9.56. The van der Waals surface area contributed by atoms with E-state index in [0.717, 1.165) is 16.8 Å². The van der Waals surface area contributed by atoms with Gasteiger partial charge in [0.25, 0.3) is 0 Å². The van der Waals surface area contributed by atoms with Crippen molar-refractivity contribution in [1.82, 2.24) is 19.7 Å². The SMILES string of the molecule is Cc1cc(C)n(-c2ncnc3cc(C(=O)O)ccc23)n1. The molecule has 0 saturated carbocycles. The number of fused-ring (bicyclic) bond motifs is 1. The van der Waals surface area contributed by atoms with E-state index in [9.17, 15) is 4.79 Å². The second-order valence-electron chi connectivity index (χ2n) is 4.57. The topological polar surface area (TPSA) is 80.9 Å². The first-order valence-electron chi connectivity index (χ1n) is 6.08. The van der Waals surface area contributed by atoms with E-state index < -0.39 is 5.97 Å². The minimum atomic E-state index is -0.974. The predicted octanol–water partition coefficient (Wildman–Crippen LogP) is 2.13. The second-order valence-corrected chi connectivity index (χ2v) is 4.57. The Morgan fingerprint density at radius 2 is 2.00 bits per heavy atom. The highest BCUT2D eigenvalue weighted by atomic mass is 16.4. The van der Waals surface area contributed by atoms with Crippen molar-refractivity contribution in [1.29, 1.82) is 0 Å². The molecule has 0 aliphatic carbocycles. The van der Waals surface area contributed by atoms with Gasteiger partial charge in [-0.25, -0.2) is 19.4 Å². The largest absolute Gasteiger partial charge is 0.478 e. The van der Waals surface area contributed by atoms with Crippen LogP contribution in [0.3, 0.4) is 0 Å². The molecule has 0 aliphatic rings. The zero-order valence-electron chi connectivity index (χ0n) is 11.0. The monoisotopic (exact) mass is 268 g/mol. The van der Waals surface area contributed by atoms with Gasteiger partial charge < -0.3 is 5.11 Å². The lowest BCUT2D eigenvalue weighted by Crippen LogP contribution is -2.04. The molecule has 0 atom stereocenters. The van der Waals surface area contributed by atoms with Crippen LogP contribution in [0.25, 0.3) is 16.7 Å². The number of carbonyl (C=O) groups is 1. The predicted molar refractivity (Wildman–Crippen MR) is 73.1 cm³/mol. The molecule has 20 heavy (non-hydrogen) atoms. The molecule has 0 unspecified atom stereocenters. The van der Waals surface area contributed by atoms with E-state index in [-0.39, 0.29) is 5.56 Å². The van der Waals surface area contributed by atoms with Crippen LogP contribution in [-0.4, -0.2) is 30.8 Å². The Kier molecular flexibility index (Phi) is 2.71. The maximum atomic E-state index is 11.0. The van der Waals surface area contributed by atoms with Crippen LogP contribution < -0.4 is 0 Å². The fourth-order valence-electron chi connectivity index (χ4n) is 2.19. The lowest BCUT2D eigenvalue weighted by atomic mass is 10.1. The molecule has 0 bridgehead atoms. The van der Waals surface area contributed by atoms with Crippen LogP contribution >= 0.6 is 0 Å². The Labute approximate surface area is 114 Å². The smallest absolute Gasteiger partial charge is 0.335 e. The highest BCUT2D eigenvalue weighted by Gasteiger charge is 2.11. The third-order valence-electron chi connectivity index (χ3n) is 3.07. The molecular formula is C14H12N4O2. The van der Waals surface area contributed by atoms with Crippen molar-refractivity contribution in [2.45, 2.75) is 13.8 Å². The molecule has 0 spiro atoms. The summed E-state index contributed by atoms with van der Waals surface area (Å²) in [4.78, 5) is 19.4. The number of hydrogen-bond donors (Lipinski definition) is 1. The van der Waals surface area contributed by atoms with Gasteiger partial charge in [0.05, 0.1) is 16.8 Å². The standard InChI is InChI=1S/C14H12N4O2/c1-8-5-9(2)18(17-8)13-11-4-3-10(14(19)20)6-12(11)15-7-16-13/h3-7H,1-2H3,(H,19,20). The van der Waals surface area contributed by atoms with E-state index >= 15 is 0 Å². The number of aryl methyl sites for hydroxylation is 2. The van der Waals surface area contributed by atoms with Crippen LogP contribution in [0.2, 0.25) is 0 Å². The zero-order chi connectivity index (χ0) is 14.3. The van der Waals surface area contributed by atoms with Crippen molar-refractivity contribution in [3.8, 4) is 5.82 Å². The van der Waals surface area contributed by atoms with Gasteiger partial charge in [-0.05, 0) is 38.1 Å². The summed E-state index contributed by atoms with van der Waals surface area (Å²) in [6, 6.07) is 6.75. The fraction of sp³-hybridized carbons (Fsp3) is 0.143. The van der Waals surface area contributed by atoms with E-state index in [1.54, 1.807) is 16.8 Å². The van der Waals surface area contributed by atoms with Gasteiger partial charge in [-0.3, -0.25) is 0 Å². The Bertz CT molecular complexity index is 823. The van der Waals surface area contributed by atoms with E-state index in [0.29, 0.717) is 11.3 Å². The summed E-state index contributed by atoms with van der Waals surface area (Å²) >= 11 is 0. The minimum absolute atomic E-state index is 0.204. The average Bonchev–Trinajstić information content (AvgIpc) is 2.76. The number of hydrogen-bond acceptors (Lipinski definition) is 4. The molecule has 0 aliphatic heterocycles. The highest BCUT2D eigenvalue weighted by molar-refractivity contribution is 5.94. The summed E-state index contributed by atoms with van der Waals surface area (Å²) in [7, 11) is 0. The Morgan fingerprint density at radius 3 is 2.65 bits per heavy atom. The number of benzene rings is 1. The first-order valence-corrected chi connectivity index (χ1v) is 6.08. The molecule has 0 fully saturated rings. The highest BCUT2D eigenvalue weighted by Crippen LogP contribution is 2.21. The number of carboxylic acid groups (broad SMARTS) is 1. The van der Waals surface area contributed by atoms with Crippen LogP contribution in [0.1, 0.15) is 21.7 Å². The lowest BCUT2D eigenvalue weighted by Gasteiger charge is -2.07. The number of aromatic carboxylic acids is 1. The van der Waals surface area contributed by atoms with Gasteiger partial charge in [-0.15, -0.1) is 0 Å². The average molecular weight is 268 g/mol. The van der Waals surface area contributed by atoms with Crippen LogP contribution in [0.5, 0.6) is 0 Å². The molecule has 6 heteroatoms. The van der Waals surface area contributed by atoms with E-state index in [1.165, 1.54) is 12.4 Å². The number of carboxylic acids is 1. The van der Waals surface area contributed by atoms with Crippen molar-refractivity contribution in [2.24, 2.45) is 0 Å². The number of aromatic nitrogens is 4. The summed E-state index contributed by atoms with van der Waals surface area (Å²) in [5, 5.41) is 14.2. The molecule has 2 heterocycles. The summed E-state index contributed by atoms with van der Waals surface area (Å²) in [6.07, 6.45) is 1.42. The van der Waals surface area contributed by atoms with Gasteiger partial charge in [0, 0.05) is 11.1 Å². The first kappa shape index (κ1) is 12.3. The maximum Gasteiger partial charge on any atom is 0.335 e. The van der Waals surface area contributed by atoms with Crippen molar-refractivity contribution in [2.75, 3.05) is 0 Å². The molecule has 0 amide bonds. The Balaban J connectivity index is 2.27. The van der Waals surface area contributed by atoms with Crippen LogP contribution in [-0.2, 0) is 0 Å². The molecule has 2 aromatic heterocycles. The molecule has 0 radical (unpaired) electrons. The summed E-state index contributed by atoms with van der Waals surface area (Å²) in [6.45, 7) is 3.86. The van der Waals surface area contributed by atoms with Gasteiger partial charge in [0.2, 0.25) is 0 Å². The Morgan fingerprint density at radius 1 is 1.20 bits per heavy atom. The minimum Gasteiger partial charge on any atom is -0.478 e. The third-order valence-corrected chi connectivity index (χ3v) is 3.07. The van der Waals surface area contributed by atoms with Gasteiger partial charge in [0.15, 0.2) is 5.82 Å². The summed E-state index contributed by atoms with van der Waals surface area (Å²) in [5.74, 6) is -0.323. The van der Waals surface area contributed by atoms with Gasteiger partial charge in [-0.2, -0.15) is 5.10 Å². The van der Waals surface area contributed by atoms with E-state index in [2.05, 4.69) is 15.1 Å². The molecule has 100 valence electrons. The van der Waals surface area contributed by atoms with E-state index in [4.69, 9.17) is 5.11 Å². The van der Waals surface area contributed by atoms with Crippen LogP contribution in [0.4, 0.5) is 0 Å².